The summed E-state index contributed by atoms with van der Waals surface area (Å²) >= 11 is 0. The third-order valence-corrected chi connectivity index (χ3v) is 5.42. The highest BCUT2D eigenvalue weighted by atomic mass is 19.4. The van der Waals surface area contributed by atoms with Crippen molar-refractivity contribution in [1.82, 2.24) is 4.57 Å². The molecule has 5 nitrogen and oxygen atoms in total. The van der Waals surface area contributed by atoms with Crippen LogP contribution in [0.4, 0.5) is 17.6 Å². The Morgan fingerprint density at radius 2 is 1.78 bits per heavy atom. The number of carbonyl (C=O) groups is 2. The maximum Gasteiger partial charge on any atom is 0.416 e. The Morgan fingerprint density at radius 3 is 2.28 bits per heavy atom. The molecule has 0 spiro atoms. The summed E-state index contributed by atoms with van der Waals surface area (Å²) in [6, 6.07) is 4.54. The summed E-state index contributed by atoms with van der Waals surface area (Å²) in [7, 11) is 0. The lowest BCUT2D eigenvalue weighted by Gasteiger charge is -2.15. The van der Waals surface area contributed by atoms with Gasteiger partial charge in [-0.25, -0.2) is 4.39 Å². The molecule has 9 heteroatoms. The first-order valence-electron chi connectivity index (χ1n) is 9.85. The molecule has 0 aliphatic carbocycles. The van der Waals surface area contributed by atoms with Crippen molar-refractivity contribution in [2.24, 2.45) is 0 Å². The van der Waals surface area contributed by atoms with Crippen molar-refractivity contribution in [2.75, 3.05) is 0 Å². The van der Waals surface area contributed by atoms with Crippen LogP contribution in [0.25, 0.3) is 10.9 Å². The molecule has 32 heavy (non-hydrogen) atoms. The smallest absolute Gasteiger partial charge is 0.416 e. The Kier molecular flexibility index (Phi) is 6.04. The zero-order chi connectivity index (χ0) is 24.0. The second-order valence-corrected chi connectivity index (χ2v) is 7.55. The number of benzene rings is 2. The van der Waals surface area contributed by atoms with Gasteiger partial charge in [-0.2, -0.15) is 13.2 Å². The molecule has 3 rings (SSSR count). The number of fused-ring (bicyclic) bond motifs is 1. The first-order valence-corrected chi connectivity index (χ1v) is 9.85. The first-order chi connectivity index (χ1) is 14.9. The van der Waals surface area contributed by atoms with Crippen LogP contribution >= 0.6 is 0 Å². The lowest BCUT2D eigenvalue weighted by molar-refractivity contribution is -0.137. The predicted octanol–water partition coefficient (Wildman–Crippen LogP) is 5.94. The van der Waals surface area contributed by atoms with Crippen LogP contribution in [0.1, 0.15) is 60.3 Å². The maximum absolute atomic E-state index is 14.6. The number of phenols is 1. The van der Waals surface area contributed by atoms with Gasteiger partial charge in [0.2, 0.25) is 0 Å². The van der Waals surface area contributed by atoms with Crippen LogP contribution in [0.5, 0.6) is 11.5 Å². The van der Waals surface area contributed by atoms with E-state index in [-0.39, 0.29) is 39.4 Å². The summed E-state index contributed by atoms with van der Waals surface area (Å²) in [6.45, 7) is 6.20. The van der Waals surface area contributed by atoms with Crippen LogP contribution in [-0.2, 0) is 11.0 Å². The molecule has 0 amide bonds. The van der Waals surface area contributed by atoms with Crippen molar-refractivity contribution < 1.29 is 37.0 Å². The molecule has 0 unspecified atom stereocenters. The lowest BCUT2D eigenvalue weighted by Crippen LogP contribution is -2.15. The summed E-state index contributed by atoms with van der Waals surface area (Å²) in [4.78, 5) is 25.0. The summed E-state index contributed by atoms with van der Waals surface area (Å²) in [5, 5.41) is 10.6. The van der Waals surface area contributed by atoms with E-state index in [9.17, 15) is 32.3 Å². The molecule has 1 N–H and O–H groups in total. The fourth-order valence-electron chi connectivity index (χ4n) is 3.67. The number of hydrogen-bond acceptors (Lipinski definition) is 4. The second-order valence-electron chi connectivity index (χ2n) is 7.55. The highest BCUT2D eigenvalue weighted by Crippen LogP contribution is 2.44. The molecule has 0 saturated heterocycles. The second kappa shape index (κ2) is 8.29. The largest absolute Gasteiger partial charge is 0.505 e. The fraction of sp³-hybridized carbons (Fsp3) is 0.304. The van der Waals surface area contributed by atoms with Crippen LogP contribution in [0.3, 0.4) is 0 Å². The Bertz CT molecular complexity index is 1210. The van der Waals surface area contributed by atoms with Crippen LogP contribution in [-0.4, -0.2) is 21.6 Å². The Labute approximate surface area is 181 Å². The molecule has 1 atom stereocenters. The summed E-state index contributed by atoms with van der Waals surface area (Å²) in [5.74, 6) is -3.37. The monoisotopic (exact) mass is 451 g/mol. The number of rotatable bonds is 4. The van der Waals surface area contributed by atoms with E-state index in [2.05, 4.69) is 0 Å². The van der Waals surface area contributed by atoms with E-state index in [0.717, 1.165) is 41.8 Å². The zero-order valence-corrected chi connectivity index (χ0v) is 17.8. The number of aromatic hydroxyl groups is 1. The van der Waals surface area contributed by atoms with Crippen molar-refractivity contribution in [3.63, 3.8) is 0 Å². The number of hydrogen-bond donors (Lipinski definition) is 1. The molecule has 0 aliphatic heterocycles. The van der Waals surface area contributed by atoms with Gasteiger partial charge >= 0.3 is 12.1 Å². The van der Waals surface area contributed by atoms with E-state index >= 15 is 0 Å². The van der Waals surface area contributed by atoms with Gasteiger partial charge in [-0.05, 0) is 43.5 Å². The van der Waals surface area contributed by atoms with Crippen LogP contribution < -0.4 is 4.74 Å². The standard InChI is InChI=1S/C23H21F4NO4/c1-5-11(2)18-19-17(10-16(24)20(18)30)28(12(3)21(19)32-13(4)29)22(31)14-6-8-15(9-7-14)23(25,26)27/h6-11,30H,5H2,1-4H3/t11-/m0/s1. The van der Waals surface area contributed by atoms with E-state index in [4.69, 9.17) is 4.74 Å². The van der Waals surface area contributed by atoms with Crippen molar-refractivity contribution >= 4 is 22.8 Å². The molecule has 3 aromatic rings. The Balaban J connectivity index is 2.32. The van der Waals surface area contributed by atoms with Gasteiger partial charge in [0.1, 0.15) is 0 Å². The van der Waals surface area contributed by atoms with Gasteiger partial charge in [-0.3, -0.25) is 14.2 Å². The van der Waals surface area contributed by atoms with Crippen LogP contribution in [0.2, 0.25) is 0 Å². The van der Waals surface area contributed by atoms with Gasteiger partial charge in [-0.15, -0.1) is 0 Å². The molecule has 0 radical (unpaired) electrons. The van der Waals surface area contributed by atoms with E-state index in [1.54, 1.807) is 6.92 Å². The minimum absolute atomic E-state index is 0.0154. The molecular formula is C23H21F4NO4. The minimum Gasteiger partial charge on any atom is -0.505 e. The molecule has 1 heterocycles. The summed E-state index contributed by atoms with van der Waals surface area (Å²) in [6.07, 6.45) is -4.05. The van der Waals surface area contributed by atoms with Gasteiger partial charge < -0.3 is 9.84 Å². The van der Waals surface area contributed by atoms with Crippen LogP contribution in [0.15, 0.2) is 30.3 Å². The normalized spacial score (nSPS) is 12.8. The van der Waals surface area contributed by atoms with E-state index in [1.807, 2.05) is 6.92 Å². The Morgan fingerprint density at radius 1 is 1.19 bits per heavy atom. The molecular weight excluding hydrogens is 430 g/mol. The number of alkyl halides is 3. The van der Waals surface area contributed by atoms with Gasteiger partial charge in [-0.1, -0.05) is 13.8 Å². The molecule has 0 bridgehead atoms. The number of nitrogens with zero attached hydrogens (tertiary/aromatic N) is 1. The molecule has 1 aromatic heterocycles. The van der Waals surface area contributed by atoms with Crippen LogP contribution in [0, 0.1) is 12.7 Å². The molecule has 170 valence electrons. The number of halogens is 4. The van der Waals surface area contributed by atoms with Gasteiger partial charge in [0.15, 0.2) is 17.3 Å². The van der Waals surface area contributed by atoms with Gasteiger partial charge in [0.25, 0.3) is 5.91 Å². The lowest BCUT2D eigenvalue weighted by atomic mass is 9.93. The quantitative estimate of drug-likeness (QED) is 0.394. The average molecular weight is 451 g/mol. The van der Waals surface area contributed by atoms with Gasteiger partial charge in [0.05, 0.1) is 22.2 Å². The maximum atomic E-state index is 14.6. The molecule has 2 aromatic carbocycles. The number of esters is 1. The first kappa shape index (κ1) is 23.3. The summed E-state index contributed by atoms with van der Waals surface area (Å²) in [5.41, 5.74) is -0.630. The predicted molar refractivity (Wildman–Crippen MR) is 109 cm³/mol. The highest BCUT2D eigenvalue weighted by Gasteiger charge is 2.32. The van der Waals surface area contributed by atoms with E-state index in [1.165, 1.54) is 6.92 Å². The SMILES string of the molecule is CC[C@H](C)c1c(O)c(F)cc2c1c(OC(C)=O)c(C)n2C(=O)c1ccc(C(F)(F)F)cc1. The molecule has 0 aliphatic rings. The molecule has 0 saturated carbocycles. The van der Waals surface area contributed by atoms with Crippen molar-refractivity contribution in [3.05, 3.63) is 58.5 Å². The molecule has 0 fully saturated rings. The van der Waals surface area contributed by atoms with Crippen molar-refractivity contribution in [3.8, 4) is 11.5 Å². The summed E-state index contributed by atoms with van der Waals surface area (Å²) < 4.78 is 59.6. The van der Waals surface area contributed by atoms with Gasteiger partial charge in [0, 0.05) is 24.1 Å². The number of aromatic nitrogens is 1. The van der Waals surface area contributed by atoms with Crippen molar-refractivity contribution in [2.45, 2.75) is 46.2 Å². The van der Waals surface area contributed by atoms with Crippen molar-refractivity contribution in [1.29, 1.82) is 0 Å². The van der Waals surface area contributed by atoms with E-state index in [0.29, 0.717) is 6.42 Å². The topological polar surface area (TPSA) is 68.5 Å². The minimum atomic E-state index is -4.56. The number of ether oxygens (including phenoxy) is 1. The average Bonchev–Trinajstić information content (AvgIpc) is 2.98. The fourth-order valence-corrected chi connectivity index (χ4v) is 3.67. The third kappa shape index (κ3) is 3.94. The zero-order valence-electron chi connectivity index (χ0n) is 17.8. The third-order valence-electron chi connectivity index (χ3n) is 5.42. The number of phenolic OH excluding ortho intramolecular Hbond substituents is 1. The highest BCUT2D eigenvalue weighted by molar-refractivity contribution is 6.07. The van der Waals surface area contributed by atoms with E-state index < -0.39 is 35.2 Å². The number of carbonyl (C=O) groups excluding carboxylic acids is 2. The Hall–Kier alpha value is -3.36.